The topological polar surface area (TPSA) is 65.7 Å². The van der Waals surface area contributed by atoms with Gasteiger partial charge in [0, 0.05) is 23.2 Å². The summed E-state index contributed by atoms with van der Waals surface area (Å²) < 4.78 is 0. The zero-order valence-electron chi connectivity index (χ0n) is 7.86. The zero-order valence-corrected chi connectivity index (χ0v) is 7.86. The molecule has 0 unspecified atom stereocenters. The van der Waals surface area contributed by atoms with E-state index in [9.17, 15) is 0 Å². The Hall–Kier alpha value is -1.53. The van der Waals surface area contributed by atoms with Crippen LogP contribution in [0.25, 0.3) is 0 Å². The first-order valence-electron chi connectivity index (χ1n) is 4.09. The van der Waals surface area contributed by atoms with Crippen molar-refractivity contribution in [3.8, 4) is 11.8 Å². The van der Waals surface area contributed by atoms with Crippen LogP contribution in [0, 0.1) is 24.2 Å². The van der Waals surface area contributed by atoms with Gasteiger partial charge in [0.15, 0.2) is 0 Å². The molecule has 1 rings (SSSR count). The van der Waals surface area contributed by atoms with Crippen LogP contribution in [0.5, 0.6) is 0 Å². The molecular weight excluding hydrogens is 162 g/mol. The summed E-state index contributed by atoms with van der Waals surface area (Å²) >= 11 is 0. The molecule has 0 aliphatic heterocycles. The second-order valence-corrected chi connectivity index (χ2v) is 2.83. The standard InChI is InChI=1S/C10H13N3/c1-7(12)10-8(2)13-6-9(10)4-3-5-11/h6,12-13H,5,11H2,1-2H3. The number of nitrogens with one attached hydrogen (secondary N) is 2. The molecule has 0 spiro atoms. The van der Waals surface area contributed by atoms with E-state index >= 15 is 0 Å². The lowest BCUT2D eigenvalue weighted by Gasteiger charge is -1.96. The van der Waals surface area contributed by atoms with Crippen LogP contribution < -0.4 is 5.73 Å². The largest absolute Gasteiger partial charge is 0.363 e. The number of nitrogens with two attached hydrogens (primary N) is 1. The summed E-state index contributed by atoms with van der Waals surface area (Å²) in [5.41, 5.74) is 8.53. The molecule has 68 valence electrons. The summed E-state index contributed by atoms with van der Waals surface area (Å²) in [7, 11) is 0. The van der Waals surface area contributed by atoms with Crippen LogP contribution >= 0.6 is 0 Å². The van der Waals surface area contributed by atoms with E-state index in [0.717, 1.165) is 16.8 Å². The minimum absolute atomic E-state index is 0.348. The quantitative estimate of drug-likeness (QED) is 0.433. The van der Waals surface area contributed by atoms with E-state index < -0.39 is 0 Å². The minimum atomic E-state index is 0.348. The molecule has 0 aliphatic rings. The Bertz CT molecular complexity index is 377. The van der Waals surface area contributed by atoms with Crippen molar-refractivity contribution in [2.45, 2.75) is 13.8 Å². The molecule has 0 bridgehead atoms. The van der Waals surface area contributed by atoms with Gasteiger partial charge in [0.05, 0.1) is 12.1 Å². The summed E-state index contributed by atoms with van der Waals surface area (Å²) in [4.78, 5) is 3.04. The molecule has 0 fully saturated rings. The van der Waals surface area contributed by atoms with E-state index in [1.54, 1.807) is 6.92 Å². The highest BCUT2D eigenvalue weighted by atomic mass is 14.7. The summed E-state index contributed by atoms with van der Waals surface area (Å²) in [5, 5.41) is 7.55. The highest BCUT2D eigenvalue weighted by Crippen LogP contribution is 2.12. The normalized spacial score (nSPS) is 9.15. The molecule has 0 aromatic carbocycles. The zero-order chi connectivity index (χ0) is 9.84. The fourth-order valence-corrected chi connectivity index (χ4v) is 1.25. The van der Waals surface area contributed by atoms with E-state index in [0.29, 0.717) is 12.3 Å². The third-order valence-corrected chi connectivity index (χ3v) is 1.78. The maximum atomic E-state index is 7.55. The van der Waals surface area contributed by atoms with Crippen molar-refractivity contribution in [1.29, 1.82) is 5.41 Å². The molecule has 0 saturated heterocycles. The highest BCUT2D eigenvalue weighted by molar-refractivity contribution is 5.99. The maximum absolute atomic E-state index is 7.55. The highest BCUT2D eigenvalue weighted by Gasteiger charge is 2.07. The molecule has 0 atom stereocenters. The average molecular weight is 175 g/mol. The Morgan fingerprint density at radius 2 is 2.38 bits per heavy atom. The predicted octanol–water partition coefficient (Wildman–Crippen LogP) is 1.02. The van der Waals surface area contributed by atoms with Gasteiger partial charge >= 0.3 is 0 Å². The van der Waals surface area contributed by atoms with Gasteiger partial charge in [-0.15, -0.1) is 0 Å². The Kier molecular flexibility index (Phi) is 2.88. The van der Waals surface area contributed by atoms with Gasteiger partial charge in [0.25, 0.3) is 0 Å². The van der Waals surface area contributed by atoms with Crippen molar-refractivity contribution in [2.24, 2.45) is 5.73 Å². The molecular formula is C10H13N3. The monoisotopic (exact) mass is 175 g/mol. The Balaban J connectivity index is 3.15. The Morgan fingerprint density at radius 1 is 1.69 bits per heavy atom. The van der Waals surface area contributed by atoms with Crippen LogP contribution in [0.15, 0.2) is 6.20 Å². The average Bonchev–Trinajstić information content (AvgIpc) is 2.43. The van der Waals surface area contributed by atoms with Crippen molar-refractivity contribution in [1.82, 2.24) is 4.98 Å². The van der Waals surface area contributed by atoms with Crippen LogP contribution in [0.4, 0.5) is 0 Å². The summed E-state index contributed by atoms with van der Waals surface area (Å²) in [6, 6.07) is 0. The summed E-state index contributed by atoms with van der Waals surface area (Å²) in [6.45, 7) is 4.03. The summed E-state index contributed by atoms with van der Waals surface area (Å²) in [5.74, 6) is 5.70. The van der Waals surface area contributed by atoms with Crippen LogP contribution in [0.1, 0.15) is 23.7 Å². The number of aromatic nitrogens is 1. The molecule has 4 N–H and O–H groups in total. The van der Waals surface area contributed by atoms with Crippen LogP contribution in [0.2, 0.25) is 0 Å². The number of hydrogen-bond acceptors (Lipinski definition) is 2. The molecule has 3 nitrogen and oxygen atoms in total. The fraction of sp³-hybridized carbons (Fsp3) is 0.300. The smallest absolute Gasteiger partial charge is 0.0555 e. The minimum Gasteiger partial charge on any atom is -0.363 e. The number of hydrogen-bond donors (Lipinski definition) is 3. The molecule has 13 heavy (non-hydrogen) atoms. The van der Waals surface area contributed by atoms with Crippen LogP contribution in [-0.4, -0.2) is 17.2 Å². The van der Waals surface area contributed by atoms with Gasteiger partial charge in [0.1, 0.15) is 0 Å². The van der Waals surface area contributed by atoms with E-state index in [-0.39, 0.29) is 0 Å². The van der Waals surface area contributed by atoms with E-state index in [1.807, 2.05) is 13.1 Å². The van der Waals surface area contributed by atoms with Gasteiger partial charge < -0.3 is 16.1 Å². The van der Waals surface area contributed by atoms with Gasteiger partial charge in [-0.05, 0) is 13.8 Å². The lowest BCUT2D eigenvalue weighted by atomic mass is 10.1. The first-order valence-corrected chi connectivity index (χ1v) is 4.09. The van der Waals surface area contributed by atoms with Gasteiger partial charge in [-0.1, -0.05) is 11.8 Å². The van der Waals surface area contributed by atoms with Crippen molar-refractivity contribution >= 4 is 5.71 Å². The molecule has 0 radical (unpaired) electrons. The third kappa shape index (κ3) is 1.98. The van der Waals surface area contributed by atoms with Crippen molar-refractivity contribution in [3.63, 3.8) is 0 Å². The number of H-pyrrole nitrogens is 1. The molecule has 1 heterocycles. The third-order valence-electron chi connectivity index (χ3n) is 1.78. The second kappa shape index (κ2) is 3.92. The molecule has 3 heteroatoms. The van der Waals surface area contributed by atoms with Crippen LogP contribution in [0.3, 0.4) is 0 Å². The first kappa shape index (κ1) is 9.56. The molecule has 0 saturated carbocycles. The van der Waals surface area contributed by atoms with Crippen LogP contribution in [-0.2, 0) is 0 Å². The van der Waals surface area contributed by atoms with E-state index in [1.165, 1.54) is 0 Å². The van der Waals surface area contributed by atoms with E-state index in [2.05, 4.69) is 16.8 Å². The molecule has 1 aromatic rings. The summed E-state index contributed by atoms with van der Waals surface area (Å²) in [6.07, 6.45) is 1.81. The first-order chi connectivity index (χ1) is 6.16. The van der Waals surface area contributed by atoms with Gasteiger partial charge in [-0.25, -0.2) is 0 Å². The lowest BCUT2D eigenvalue weighted by Crippen LogP contribution is -1.97. The molecule has 0 amide bonds. The fourth-order valence-electron chi connectivity index (χ4n) is 1.25. The number of rotatable bonds is 1. The predicted molar refractivity (Wildman–Crippen MR) is 54.0 cm³/mol. The SMILES string of the molecule is CC(=N)c1c(C#CCN)c[nH]c1C. The van der Waals surface area contributed by atoms with Gasteiger partial charge in [-0.2, -0.15) is 0 Å². The van der Waals surface area contributed by atoms with Crippen molar-refractivity contribution < 1.29 is 0 Å². The van der Waals surface area contributed by atoms with Crippen molar-refractivity contribution in [2.75, 3.05) is 6.54 Å². The number of aryl methyl sites for hydroxylation is 1. The maximum Gasteiger partial charge on any atom is 0.0555 e. The Labute approximate surface area is 77.9 Å². The molecule has 1 aromatic heterocycles. The van der Waals surface area contributed by atoms with Gasteiger partial charge in [-0.3, -0.25) is 0 Å². The molecule has 0 aliphatic carbocycles. The second-order valence-electron chi connectivity index (χ2n) is 2.83. The Morgan fingerprint density at radius 3 is 2.92 bits per heavy atom. The van der Waals surface area contributed by atoms with Gasteiger partial charge in [0.2, 0.25) is 0 Å². The van der Waals surface area contributed by atoms with E-state index in [4.69, 9.17) is 11.1 Å². The number of aromatic amines is 1. The lowest BCUT2D eigenvalue weighted by molar-refractivity contribution is 1.25. The van der Waals surface area contributed by atoms with Crippen molar-refractivity contribution in [3.05, 3.63) is 23.0 Å².